The van der Waals surface area contributed by atoms with Crippen LogP contribution in [0.4, 0.5) is 0 Å². The number of alkyl halides is 1. The lowest BCUT2D eigenvalue weighted by molar-refractivity contribution is 0.0924. The first-order valence-corrected chi connectivity index (χ1v) is 5.00. The summed E-state index contributed by atoms with van der Waals surface area (Å²) in [5, 5.41) is 2.65. The van der Waals surface area contributed by atoms with Crippen LogP contribution < -0.4 is 5.32 Å². The first-order valence-electron chi connectivity index (χ1n) is 4.57. The van der Waals surface area contributed by atoms with Gasteiger partial charge in [-0.15, -0.1) is 11.6 Å². The fourth-order valence-corrected chi connectivity index (χ4v) is 0.998. The number of halogens is 1. The number of hydrogen-bond acceptors (Lipinski definition) is 2. The largest absolute Gasteiger partial charge is 0.459 e. The van der Waals surface area contributed by atoms with E-state index in [1.807, 2.05) is 13.8 Å². The molecule has 1 aromatic heterocycles. The van der Waals surface area contributed by atoms with Gasteiger partial charge in [0.15, 0.2) is 5.76 Å². The zero-order valence-electron chi connectivity index (χ0n) is 8.29. The van der Waals surface area contributed by atoms with E-state index in [0.29, 0.717) is 18.2 Å². The maximum atomic E-state index is 11.4. The van der Waals surface area contributed by atoms with Crippen LogP contribution in [0.2, 0.25) is 0 Å². The maximum Gasteiger partial charge on any atom is 0.287 e. The van der Waals surface area contributed by atoms with E-state index < -0.39 is 0 Å². The number of amides is 1. The first-order chi connectivity index (χ1) is 6.61. The third kappa shape index (κ3) is 3.07. The molecule has 1 aromatic rings. The molecule has 4 heteroatoms. The van der Waals surface area contributed by atoms with Crippen molar-refractivity contribution >= 4 is 17.5 Å². The highest BCUT2D eigenvalue weighted by Gasteiger charge is 2.13. The predicted molar refractivity (Wildman–Crippen MR) is 55.5 cm³/mol. The summed E-state index contributed by atoms with van der Waals surface area (Å²) in [4.78, 5) is 11.4. The molecule has 3 nitrogen and oxygen atoms in total. The van der Waals surface area contributed by atoms with Crippen molar-refractivity contribution in [3.05, 3.63) is 24.2 Å². The van der Waals surface area contributed by atoms with Crippen LogP contribution in [-0.4, -0.2) is 17.8 Å². The van der Waals surface area contributed by atoms with Crippen LogP contribution in [0.1, 0.15) is 24.4 Å². The Morgan fingerprint density at radius 3 is 2.86 bits per heavy atom. The molecule has 0 aliphatic carbocycles. The zero-order valence-corrected chi connectivity index (χ0v) is 9.04. The van der Waals surface area contributed by atoms with Crippen LogP contribution >= 0.6 is 11.6 Å². The Kier molecular flexibility index (Phi) is 4.01. The molecule has 0 bridgehead atoms. The lowest BCUT2D eigenvalue weighted by Gasteiger charge is -2.13. The summed E-state index contributed by atoms with van der Waals surface area (Å²) in [5.74, 6) is 0.437. The summed E-state index contributed by atoms with van der Waals surface area (Å²) in [6.07, 6.45) is 1.47. The summed E-state index contributed by atoms with van der Waals surface area (Å²) in [6, 6.07) is 3.30. The highest BCUT2D eigenvalue weighted by Crippen LogP contribution is 2.08. The molecule has 1 heterocycles. The Balaban J connectivity index is 2.36. The van der Waals surface area contributed by atoms with Crippen LogP contribution in [0.25, 0.3) is 0 Å². The van der Waals surface area contributed by atoms with E-state index in [-0.39, 0.29) is 11.3 Å². The minimum atomic E-state index is -0.221. The highest BCUT2D eigenvalue weighted by atomic mass is 35.5. The zero-order chi connectivity index (χ0) is 10.6. The number of rotatable bonds is 4. The Labute approximate surface area is 88.4 Å². The van der Waals surface area contributed by atoms with Gasteiger partial charge in [0.2, 0.25) is 0 Å². The van der Waals surface area contributed by atoms with Gasteiger partial charge < -0.3 is 9.73 Å². The number of carbonyl (C=O) groups is 1. The lowest BCUT2D eigenvalue weighted by Crippen LogP contribution is -2.31. The molecule has 1 N–H and O–H groups in total. The SMILES string of the molecule is CC(C)C(Cl)CNC(=O)c1ccco1. The van der Waals surface area contributed by atoms with Crippen molar-refractivity contribution in [1.82, 2.24) is 5.32 Å². The van der Waals surface area contributed by atoms with E-state index in [0.717, 1.165) is 0 Å². The summed E-state index contributed by atoms with van der Waals surface area (Å²) in [7, 11) is 0. The third-order valence-corrected chi connectivity index (χ3v) is 2.58. The standard InChI is InChI=1S/C10H14ClNO2/c1-7(2)8(11)6-12-10(13)9-4-3-5-14-9/h3-5,7-8H,6H2,1-2H3,(H,12,13). The number of furan rings is 1. The molecule has 0 aromatic carbocycles. The van der Waals surface area contributed by atoms with Crippen molar-refractivity contribution in [1.29, 1.82) is 0 Å². The van der Waals surface area contributed by atoms with E-state index >= 15 is 0 Å². The van der Waals surface area contributed by atoms with Crippen molar-refractivity contribution < 1.29 is 9.21 Å². The van der Waals surface area contributed by atoms with Gasteiger partial charge in [-0.05, 0) is 18.1 Å². The highest BCUT2D eigenvalue weighted by molar-refractivity contribution is 6.21. The van der Waals surface area contributed by atoms with Gasteiger partial charge in [0.1, 0.15) is 0 Å². The van der Waals surface area contributed by atoms with Gasteiger partial charge in [0.05, 0.1) is 11.6 Å². The quantitative estimate of drug-likeness (QED) is 0.783. The topological polar surface area (TPSA) is 42.2 Å². The van der Waals surface area contributed by atoms with E-state index in [4.69, 9.17) is 16.0 Å². The van der Waals surface area contributed by atoms with Crippen molar-refractivity contribution in [3.8, 4) is 0 Å². The smallest absolute Gasteiger partial charge is 0.287 e. The summed E-state index contributed by atoms with van der Waals surface area (Å²) < 4.78 is 4.93. The molecule has 0 spiro atoms. The van der Waals surface area contributed by atoms with Gasteiger partial charge in [0, 0.05) is 6.54 Å². The van der Waals surface area contributed by atoms with E-state index in [1.165, 1.54) is 6.26 Å². The minimum Gasteiger partial charge on any atom is -0.459 e. The Morgan fingerprint density at radius 1 is 1.64 bits per heavy atom. The molecule has 78 valence electrons. The Morgan fingerprint density at radius 2 is 2.36 bits per heavy atom. The Bertz CT molecular complexity index is 282. The van der Waals surface area contributed by atoms with Crippen LogP contribution in [0.15, 0.2) is 22.8 Å². The molecule has 0 aliphatic heterocycles. The van der Waals surface area contributed by atoms with E-state index in [9.17, 15) is 4.79 Å². The normalized spacial score (nSPS) is 12.9. The first kappa shape index (κ1) is 11.1. The van der Waals surface area contributed by atoms with Gasteiger partial charge in [0.25, 0.3) is 5.91 Å². The summed E-state index contributed by atoms with van der Waals surface area (Å²) >= 11 is 5.98. The molecule has 0 radical (unpaired) electrons. The summed E-state index contributed by atoms with van der Waals surface area (Å²) in [6.45, 7) is 4.48. The molecule has 0 saturated carbocycles. The Hall–Kier alpha value is -0.960. The second kappa shape index (κ2) is 5.05. The number of carbonyl (C=O) groups excluding carboxylic acids is 1. The minimum absolute atomic E-state index is 0.0473. The van der Waals surface area contributed by atoms with Gasteiger partial charge in [-0.25, -0.2) is 0 Å². The molecule has 14 heavy (non-hydrogen) atoms. The van der Waals surface area contributed by atoms with Crippen molar-refractivity contribution in [2.45, 2.75) is 19.2 Å². The van der Waals surface area contributed by atoms with Crippen molar-refractivity contribution in [3.63, 3.8) is 0 Å². The second-order valence-electron chi connectivity index (χ2n) is 3.45. The van der Waals surface area contributed by atoms with Crippen molar-refractivity contribution in [2.24, 2.45) is 5.92 Å². The third-order valence-electron chi connectivity index (χ3n) is 1.93. The molecule has 0 aliphatic rings. The molecular weight excluding hydrogens is 202 g/mol. The molecule has 1 atom stereocenters. The average Bonchev–Trinajstić information content (AvgIpc) is 2.66. The van der Waals surface area contributed by atoms with Crippen LogP contribution in [-0.2, 0) is 0 Å². The average molecular weight is 216 g/mol. The predicted octanol–water partition coefficient (Wildman–Crippen LogP) is 2.27. The van der Waals surface area contributed by atoms with Crippen LogP contribution in [0.3, 0.4) is 0 Å². The molecule has 1 unspecified atom stereocenters. The monoisotopic (exact) mass is 215 g/mol. The molecular formula is C10H14ClNO2. The number of nitrogens with one attached hydrogen (secondary N) is 1. The summed E-state index contributed by atoms with van der Waals surface area (Å²) in [5.41, 5.74) is 0. The van der Waals surface area contributed by atoms with Gasteiger partial charge in [-0.1, -0.05) is 13.8 Å². The lowest BCUT2D eigenvalue weighted by atomic mass is 10.1. The van der Waals surface area contributed by atoms with E-state index in [2.05, 4.69) is 5.32 Å². The molecule has 1 amide bonds. The fourth-order valence-electron chi connectivity index (χ4n) is 0.921. The van der Waals surface area contributed by atoms with E-state index in [1.54, 1.807) is 12.1 Å². The fraction of sp³-hybridized carbons (Fsp3) is 0.500. The second-order valence-corrected chi connectivity index (χ2v) is 4.01. The van der Waals surface area contributed by atoms with Gasteiger partial charge in [-0.2, -0.15) is 0 Å². The molecule has 0 fully saturated rings. The van der Waals surface area contributed by atoms with Crippen LogP contribution in [0.5, 0.6) is 0 Å². The van der Waals surface area contributed by atoms with Crippen molar-refractivity contribution in [2.75, 3.05) is 6.54 Å². The molecule has 1 rings (SSSR count). The molecule has 0 saturated heterocycles. The number of hydrogen-bond donors (Lipinski definition) is 1. The maximum absolute atomic E-state index is 11.4. The van der Waals surface area contributed by atoms with Gasteiger partial charge >= 0.3 is 0 Å². The van der Waals surface area contributed by atoms with Crippen LogP contribution in [0, 0.1) is 5.92 Å². The van der Waals surface area contributed by atoms with Gasteiger partial charge in [-0.3, -0.25) is 4.79 Å².